The fourth-order valence-corrected chi connectivity index (χ4v) is 1.51. The highest BCUT2D eigenvalue weighted by Crippen LogP contribution is 2.10. The molecule has 62 valence electrons. The molecular formula is C10H12N2. The minimum absolute atomic E-state index is 0.995. The summed E-state index contributed by atoms with van der Waals surface area (Å²) in [6.45, 7) is 4.16. The van der Waals surface area contributed by atoms with Gasteiger partial charge in [0.2, 0.25) is 0 Å². The molecule has 2 nitrogen and oxygen atoms in total. The van der Waals surface area contributed by atoms with E-state index in [0.29, 0.717) is 0 Å². The molecule has 0 bridgehead atoms. The molecule has 2 rings (SSSR count). The van der Waals surface area contributed by atoms with Crippen LogP contribution >= 0.6 is 0 Å². The van der Waals surface area contributed by atoms with Crippen LogP contribution in [0.5, 0.6) is 0 Å². The van der Waals surface area contributed by atoms with Gasteiger partial charge in [0.05, 0.1) is 16.9 Å². The molecule has 0 aromatic carbocycles. The molecule has 0 unspecified atom stereocenters. The molecule has 0 spiro atoms. The summed E-state index contributed by atoms with van der Waals surface area (Å²) < 4.78 is 2.13. The Morgan fingerprint density at radius 3 is 3.08 bits per heavy atom. The molecule has 0 amide bonds. The number of aromatic nitrogens is 2. The zero-order valence-electron chi connectivity index (χ0n) is 7.41. The van der Waals surface area contributed by atoms with E-state index < -0.39 is 0 Å². The predicted octanol–water partition coefficient (Wildman–Crippen LogP) is 2.21. The van der Waals surface area contributed by atoms with E-state index in [9.17, 15) is 0 Å². The van der Waals surface area contributed by atoms with Gasteiger partial charge in [0.15, 0.2) is 0 Å². The van der Waals surface area contributed by atoms with Gasteiger partial charge in [-0.15, -0.1) is 0 Å². The average molecular weight is 160 g/mol. The van der Waals surface area contributed by atoms with Crippen LogP contribution in [-0.2, 0) is 6.42 Å². The Kier molecular flexibility index (Phi) is 1.61. The van der Waals surface area contributed by atoms with Crippen molar-refractivity contribution < 1.29 is 0 Å². The highest BCUT2D eigenvalue weighted by molar-refractivity contribution is 5.52. The third-order valence-electron chi connectivity index (χ3n) is 2.05. The number of nitrogens with zero attached hydrogens (tertiary/aromatic N) is 2. The van der Waals surface area contributed by atoms with E-state index in [1.807, 2.05) is 6.92 Å². The Balaban J connectivity index is 2.80. The number of hydrogen-bond acceptors (Lipinski definition) is 1. The van der Waals surface area contributed by atoms with Crippen molar-refractivity contribution in [2.45, 2.75) is 20.3 Å². The smallest absolute Gasteiger partial charge is 0.0666 e. The molecule has 0 saturated heterocycles. The molecule has 0 N–H and O–H groups in total. The van der Waals surface area contributed by atoms with Gasteiger partial charge in [-0.3, -0.25) is 4.98 Å². The van der Waals surface area contributed by atoms with E-state index >= 15 is 0 Å². The first-order chi connectivity index (χ1) is 5.81. The van der Waals surface area contributed by atoms with Gasteiger partial charge in [0.1, 0.15) is 0 Å². The van der Waals surface area contributed by atoms with Crippen LogP contribution in [0.15, 0.2) is 24.5 Å². The van der Waals surface area contributed by atoms with E-state index in [-0.39, 0.29) is 0 Å². The fourth-order valence-electron chi connectivity index (χ4n) is 1.51. The molecule has 0 fully saturated rings. The van der Waals surface area contributed by atoms with Gasteiger partial charge in [-0.1, -0.05) is 6.92 Å². The largest absolute Gasteiger partial charge is 0.320 e. The second-order valence-electron chi connectivity index (χ2n) is 2.98. The van der Waals surface area contributed by atoms with Crippen molar-refractivity contribution in [1.29, 1.82) is 0 Å². The second-order valence-corrected chi connectivity index (χ2v) is 2.98. The standard InChI is InChI=1S/C10H12N2/c1-3-9-10-5-4-6-12(10)7-8(2)11-9/h4-7H,3H2,1-2H3. The summed E-state index contributed by atoms with van der Waals surface area (Å²) in [6.07, 6.45) is 5.10. The molecule has 2 aromatic rings. The van der Waals surface area contributed by atoms with Gasteiger partial charge < -0.3 is 4.40 Å². The molecule has 0 radical (unpaired) electrons. The van der Waals surface area contributed by atoms with Crippen molar-refractivity contribution in [1.82, 2.24) is 9.38 Å². The summed E-state index contributed by atoms with van der Waals surface area (Å²) in [5.41, 5.74) is 3.48. The van der Waals surface area contributed by atoms with Gasteiger partial charge in [0.25, 0.3) is 0 Å². The maximum absolute atomic E-state index is 4.47. The molecule has 0 aliphatic heterocycles. The van der Waals surface area contributed by atoms with Crippen molar-refractivity contribution in [3.8, 4) is 0 Å². The Morgan fingerprint density at radius 1 is 1.50 bits per heavy atom. The number of aryl methyl sites for hydroxylation is 2. The third-order valence-corrected chi connectivity index (χ3v) is 2.05. The molecule has 0 saturated carbocycles. The summed E-state index contributed by atoms with van der Waals surface area (Å²) in [5, 5.41) is 0. The molecule has 2 heteroatoms. The van der Waals surface area contributed by atoms with E-state index in [4.69, 9.17) is 0 Å². The topological polar surface area (TPSA) is 17.3 Å². The predicted molar refractivity (Wildman–Crippen MR) is 49.3 cm³/mol. The van der Waals surface area contributed by atoms with Crippen molar-refractivity contribution in [2.24, 2.45) is 0 Å². The number of hydrogen-bond donors (Lipinski definition) is 0. The first kappa shape index (κ1) is 7.35. The zero-order chi connectivity index (χ0) is 8.55. The molecule has 2 aromatic heterocycles. The lowest BCUT2D eigenvalue weighted by Gasteiger charge is -2.02. The van der Waals surface area contributed by atoms with Gasteiger partial charge in [-0.2, -0.15) is 0 Å². The number of fused-ring (bicyclic) bond motifs is 1. The third kappa shape index (κ3) is 0.998. The minimum atomic E-state index is 0.995. The average Bonchev–Trinajstić information content (AvgIpc) is 2.50. The monoisotopic (exact) mass is 160 g/mol. The summed E-state index contributed by atoms with van der Waals surface area (Å²) in [4.78, 5) is 4.47. The Morgan fingerprint density at radius 2 is 2.33 bits per heavy atom. The van der Waals surface area contributed by atoms with Crippen LogP contribution in [0.2, 0.25) is 0 Å². The molecule has 0 aliphatic rings. The summed E-state index contributed by atoms with van der Waals surface area (Å²) >= 11 is 0. The SMILES string of the molecule is CCc1nc(C)cn2cccc12. The van der Waals surface area contributed by atoms with Gasteiger partial charge >= 0.3 is 0 Å². The first-order valence-corrected chi connectivity index (χ1v) is 4.24. The van der Waals surface area contributed by atoms with E-state index in [1.165, 1.54) is 11.2 Å². The van der Waals surface area contributed by atoms with Crippen molar-refractivity contribution in [2.75, 3.05) is 0 Å². The normalized spacial score (nSPS) is 10.8. The van der Waals surface area contributed by atoms with Crippen LogP contribution in [0.25, 0.3) is 5.52 Å². The van der Waals surface area contributed by atoms with E-state index in [0.717, 1.165) is 12.1 Å². The van der Waals surface area contributed by atoms with Crippen LogP contribution < -0.4 is 0 Å². The van der Waals surface area contributed by atoms with Crippen molar-refractivity contribution in [3.63, 3.8) is 0 Å². The van der Waals surface area contributed by atoms with Gasteiger partial charge in [-0.25, -0.2) is 0 Å². The highest BCUT2D eigenvalue weighted by atomic mass is 14.9. The molecule has 0 aliphatic carbocycles. The summed E-state index contributed by atoms with van der Waals surface area (Å²) in [6, 6.07) is 4.15. The van der Waals surface area contributed by atoms with Crippen LogP contribution in [-0.4, -0.2) is 9.38 Å². The van der Waals surface area contributed by atoms with E-state index in [2.05, 4.69) is 40.8 Å². The maximum Gasteiger partial charge on any atom is 0.0666 e. The van der Waals surface area contributed by atoms with Gasteiger partial charge in [0, 0.05) is 12.4 Å². The summed E-state index contributed by atoms with van der Waals surface area (Å²) in [7, 11) is 0. The zero-order valence-corrected chi connectivity index (χ0v) is 7.41. The first-order valence-electron chi connectivity index (χ1n) is 4.24. The number of rotatable bonds is 1. The lowest BCUT2D eigenvalue weighted by atomic mass is 10.3. The van der Waals surface area contributed by atoms with Gasteiger partial charge in [-0.05, 0) is 25.5 Å². The van der Waals surface area contributed by atoms with Crippen molar-refractivity contribution >= 4 is 5.52 Å². The Hall–Kier alpha value is -1.31. The lowest BCUT2D eigenvalue weighted by Crippen LogP contribution is -1.95. The quantitative estimate of drug-likeness (QED) is 0.625. The van der Waals surface area contributed by atoms with E-state index in [1.54, 1.807) is 0 Å². The molecule has 12 heavy (non-hydrogen) atoms. The highest BCUT2D eigenvalue weighted by Gasteiger charge is 2.00. The Labute approximate surface area is 71.9 Å². The van der Waals surface area contributed by atoms with Crippen molar-refractivity contribution in [3.05, 3.63) is 35.9 Å². The fraction of sp³-hybridized carbons (Fsp3) is 0.300. The lowest BCUT2D eigenvalue weighted by molar-refractivity contribution is 0.971. The van der Waals surface area contributed by atoms with Crippen LogP contribution in [0, 0.1) is 6.92 Å². The van der Waals surface area contributed by atoms with Crippen LogP contribution in [0.4, 0.5) is 0 Å². The Bertz CT molecular complexity index is 401. The second kappa shape index (κ2) is 2.63. The molecular weight excluding hydrogens is 148 g/mol. The molecule has 0 atom stereocenters. The molecule has 2 heterocycles. The van der Waals surface area contributed by atoms with Crippen LogP contribution in [0.1, 0.15) is 18.3 Å². The van der Waals surface area contributed by atoms with Crippen LogP contribution in [0.3, 0.4) is 0 Å². The minimum Gasteiger partial charge on any atom is -0.320 e. The summed E-state index contributed by atoms with van der Waals surface area (Å²) in [5.74, 6) is 0. The maximum atomic E-state index is 4.47.